The Kier molecular flexibility index (Phi) is 3.62. The molecule has 7 nitrogen and oxygen atoms in total. The van der Waals surface area contributed by atoms with E-state index in [-0.39, 0.29) is 24.5 Å². The Morgan fingerprint density at radius 2 is 2.00 bits per heavy atom. The van der Waals surface area contributed by atoms with Crippen LogP contribution in [-0.2, 0) is 9.59 Å². The van der Waals surface area contributed by atoms with Gasteiger partial charge in [-0.2, -0.15) is 0 Å². The zero-order chi connectivity index (χ0) is 15.1. The average molecular weight is 283 g/mol. The van der Waals surface area contributed by atoms with E-state index in [2.05, 4.69) is 5.32 Å². The number of carbonyl (C=O) groups excluding carboxylic acids is 2. The second-order valence-electron chi connectivity index (χ2n) is 6.34. The largest absolute Gasteiger partial charge is 0.481 e. The Morgan fingerprint density at radius 3 is 2.50 bits per heavy atom. The fourth-order valence-electron chi connectivity index (χ4n) is 3.40. The Balaban J connectivity index is 2.04. The predicted octanol–water partition coefficient (Wildman–Crippen LogP) is 0.288. The van der Waals surface area contributed by atoms with Crippen LogP contribution in [0.3, 0.4) is 0 Å². The van der Waals surface area contributed by atoms with Crippen molar-refractivity contribution in [3.8, 4) is 0 Å². The number of amides is 3. The molecule has 2 rings (SSSR count). The van der Waals surface area contributed by atoms with Gasteiger partial charge in [0.2, 0.25) is 5.91 Å². The van der Waals surface area contributed by atoms with E-state index in [9.17, 15) is 14.4 Å². The summed E-state index contributed by atoms with van der Waals surface area (Å²) in [7, 11) is 0. The van der Waals surface area contributed by atoms with Crippen molar-refractivity contribution in [2.24, 2.45) is 11.7 Å². The van der Waals surface area contributed by atoms with E-state index >= 15 is 0 Å². The lowest BCUT2D eigenvalue weighted by molar-refractivity contribution is -0.142. The van der Waals surface area contributed by atoms with Crippen LogP contribution in [0.15, 0.2) is 0 Å². The van der Waals surface area contributed by atoms with E-state index < -0.39 is 23.3 Å². The number of hydrogen-bond acceptors (Lipinski definition) is 3. The van der Waals surface area contributed by atoms with E-state index in [1.54, 1.807) is 18.7 Å². The first-order chi connectivity index (χ1) is 9.21. The number of urea groups is 1. The highest BCUT2D eigenvalue weighted by Crippen LogP contribution is 2.41. The maximum Gasteiger partial charge on any atom is 0.318 e. The topological polar surface area (TPSA) is 113 Å². The number of rotatable bonds is 4. The van der Waals surface area contributed by atoms with Crippen LogP contribution in [0.1, 0.15) is 39.5 Å². The van der Waals surface area contributed by atoms with Gasteiger partial charge in [0, 0.05) is 24.0 Å². The highest BCUT2D eigenvalue weighted by Gasteiger charge is 2.51. The maximum absolute atomic E-state index is 12.3. The molecule has 0 radical (unpaired) electrons. The number of primary amides is 1. The van der Waals surface area contributed by atoms with Crippen LogP contribution < -0.4 is 11.1 Å². The Bertz CT molecular complexity index is 449. The third-order valence-electron chi connectivity index (χ3n) is 4.15. The first-order valence-corrected chi connectivity index (χ1v) is 6.83. The van der Waals surface area contributed by atoms with Gasteiger partial charge >= 0.3 is 12.0 Å². The van der Waals surface area contributed by atoms with Crippen molar-refractivity contribution in [1.29, 1.82) is 0 Å². The molecule has 0 saturated carbocycles. The summed E-state index contributed by atoms with van der Waals surface area (Å²) in [6.45, 7) is 3.45. The van der Waals surface area contributed by atoms with E-state index in [0.29, 0.717) is 6.42 Å². The minimum absolute atomic E-state index is 0.00882. The molecule has 7 heteroatoms. The minimum Gasteiger partial charge on any atom is -0.481 e. The second-order valence-corrected chi connectivity index (χ2v) is 6.34. The first-order valence-electron chi connectivity index (χ1n) is 6.83. The van der Waals surface area contributed by atoms with E-state index in [4.69, 9.17) is 10.8 Å². The van der Waals surface area contributed by atoms with Gasteiger partial charge in [0.15, 0.2) is 0 Å². The summed E-state index contributed by atoms with van der Waals surface area (Å²) in [6, 6.07) is -0.542. The molecule has 2 saturated heterocycles. The molecule has 3 amide bonds. The summed E-state index contributed by atoms with van der Waals surface area (Å²) in [5.74, 6) is -1.80. The Labute approximate surface area is 117 Å². The van der Waals surface area contributed by atoms with Crippen molar-refractivity contribution in [1.82, 2.24) is 10.2 Å². The fourth-order valence-corrected chi connectivity index (χ4v) is 3.40. The molecule has 0 aromatic heterocycles. The zero-order valence-corrected chi connectivity index (χ0v) is 11.8. The lowest BCUT2D eigenvalue weighted by Gasteiger charge is -2.30. The number of aliphatic carboxylic acids is 1. The molecule has 3 unspecified atom stereocenters. The molecule has 0 aliphatic carbocycles. The van der Waals surface area contributed by atoms with E-state index in [0.717, 1.165) is 12.8 Å². The van der Waals surface area contributed by atoms with Crippen LogP contribution in [0.5, 0.6) is 0 Å². The smallest absolute Gasteiger partial charge is 0.318 e. The van der Waals surface area contributed by atoms with Crippen LogP contribution >= 0.6 is 0 Å². The Morgan fingerprint density at radius 1 is 1.35 bits per heavy atom. The van der Waals surface area contributed by atoms with Gasteiger partial charge in [-0.25, -0.2) is 4.79 Å². The molecule has 2 aliphatic rings. The second kappa shape index (κ2) is 4.96. The number of nitrogens with zero attached hydrogens (tertiary/aromatic N) is 1. The van der Waals surface area contributed by atoms with Gasteiger partial charge in [0.1, 0.15) is 0 Å². The van der Waals surface area contributed by atoms with Crippen molar-refractivity contribution >= 4 is 17.9 Å². The molecule has 2 heterocycles. The van der Waals surface area contributed by atoms with Crippen LogP contribution in [0.4, 0.5) is 4.79 Å². The van der Waals surface area contributed by atoms with E-state index in [1.165, 1.54) is 0 Å². The molecule has 2 fully saturated rings. The molecule has 4 N–H and O–H groups in total. The van der Waals surface area contributed by atoms with Crippen molar-refractivity contribution in [2.75, 3.05) is 0 Å². The molecule has 0 aromatic carbocycles. The molecular weight excluding hydrogens is 262 g/mol. The molecule has 3 atom stereocenters. The van der Waals surface area contributed by atoms with Crippen molar-refractivity contribution in [3.63, 3.8) is 0 Å². The summed E-state index contributed by atoms with van der Waals surface area (Å²) in [5.41, 5.74) is 4.42. The van der Waals surface area contributed by atoms with Crippen molar-refractivity contribution in [2.45, 2.75) is 57.2 Å². The highest BCUT2D eigenvalue weighted by molar-refractivity contribution is 5.81. The van der Waals surface area contributed by atoms with Crippen LogP contribution in [-0.4, -0.2) is 45.5 Å². The van der Waals surface area contributed by atoms with Crippen molar-refractivity contribution < 1.29 is 19.5 Å². The molecule has 2 aliphatic heterocycles. The van der Waals surface area contributed by atoms with Crippen LogP contribution in [0, 0.1) is 5.92 Å². The van der Waals surface area contributed by atoms with Gasteiger partial charge in [-0.3, -0.25) is 9.59 Å². The quantitative estimate of drug-likeness (QED) is 0.688. The molecule has 20 heavy (non-hydrogen) atoms. The van der Waals surface area contributed by atoms with Gasteiger partial charge in [-0.1, -0.05) is 0 Å². The monoisotopic (exact) mass is 283 g/mol. The number of carboxylic acid groups (broad SMARTS) is 1. The average Bonchev–Trinajstić information content (AvgIpc) is 2.82. The maximum atomic E-state index is 12.3. The Hall–Kier alpha value is -1.79. The number of nitrogens with one attached hydrogen (secondary N) is 1. The third kappa shape index (κ3) is 2.71. The standard InChI is InChI=1S/C13H21N3O4/c1-13(2,6-10(14)17)15-12(20)16-7-3-4-9(16)8(5-7)11(18)19/h7-9H,3-6H2,1-2H3,(H2,14,17)(H,15,20)(H,18,19). The first kappa shape index (κ1) is 14.6. The summed E-state index contributed by atoms with van der Waals surface area (Å²) >= 11 is 0. The number of hydrogen-bond donors (Lipinski definition) is 3. The zero-order valence-electron chi connectivity index (χ0n) is 11.8. The van der Waals surface area contributed by atoms with Crippen molar-refractivity contribution in [3.05, 3.63) is 0 Å². The van der Waals surface area contributed by atoms with Gasteiger partial charge in [-0.05, 0) is 33.1 Å². The molecular formula is C13H21N3O4. The summed E-state index contributed by atoms with van der Waals surface area (Å²) < 4.78 is 0. The summed E-state index contributed by atoms with van der Waals surface area (Å²) in [6.07, 6.45) is 2.14. The molecule has 0 spiro atoms. The lowest BCUT2D eigenvalue weighted by atomic mass is 9.89. The van der Waals surface area contributed by atoms with Gasteiger partial charge in [0.25, 0.3) is 0 Å². The molecule has 112 valence electrons. The number of carboxylic acids is 1. The van der Waals surface area contributed by atoms with Gasteiger partial charge in [0.05, 0.1) is 5.92 Å². The summed E-state index contributed by atoms with van der Waals surface area (Å²) in [4.78, 5) is 36.1. The number of nitrogens with two attached hydrogens (primary N) is 1. The predicted molar refractivity (Wildman–Crippen MR) is 70.8 cm³/mol. The summed E-state index contributed by atoms with van der Waals surface area (Å²) in [5, 5.41) is 11.9. The third-order valence-corrected chi connectivity index (χ3v) is 4.15. The van der Waals surface area contributed by atoms with Crippen LogP contribution in [0.2, 0.25) is 0 Å². The lowest BCUT2D eigenvalue weighted by Crippen LogP contribution is -2.53. The number of fused-ring (bicyclic) bond motifs is 2. The minimum atomic E-state index is -0.841. The van der Waals surface area contributed by atoms with Crippen LogP contribution in [0.25, 0.3) is 0 Å². The fraction of sp³-hybridized carbons (Fsp3) is 0.769. The van der Waals surface area contributed by atoms with Gasteiger partial charge < -0.3 is 21.1 Å². The normalized spacial score (nSPS) is 28.5. The molecule has 0 aromatic rings. The van der Waals surface area contributed by atoms with E-state index in [1.807, 2.05) is 0 Å². The van der Waals surface area contributed by atoms with Gasteiger partial charge in [-0.15, -0.1) is 0 Å². The SMILES string of the molecule is CC(C)(CC(N)=O)NC(=O)N1C2CCC1C(C(=O)O)C2. The highest BCUT2D eigenvalue weighted by atomic mass is 16.4. The number of carbonyl (C=O) groups is 3. The molecule has 2 bridgehead atoms.